The van der Waals surface area contributed by atoms with Crippen molar-refractivity contribution in [2.45, 2.75) is 49.8 Å². The summed E-state index contributed by atoms with van der Waals surface area (Å²) >= 11 is 7.79. The smallest absolute Gasteiger partial charge is 0.303 e. The molecule has 7 heteroatoms. The third kappa shape index (κ3) is 5.14. The molecule has 3 aromatic rings. The predicted molar refractivity (Wildman–Crippen MR) is 111 cm³/mol. The van der Waals surface area contributed by atoms with E-state index in [2.05, 4.69) is 23.4 Å². The summed E-state index contributed by atoms with van der Waals surface area (Å²) in [7, 11) is 0. The minimum absolute atomic E-state index is 0.135. The molecule has 0 spiro atoms. The highest BCUT2D eigenvalue weighted by Crippen LogP contribution is 2.36. The number of carbonyl (C=O) groups is 1. The van der Waals surface area contributed by atoms with E-state index in [1.54, 1.807) is 24.2 Å². The second-order valence-electron chi connectivity index (χ2n) is 6.65. The maximum Gasteiger partial charge on any atom is 0.303 e. The molecule has 146 valence electrons. The molecule has 0 saturated heterocycles. The van der Waals surface area contributed by atoms with Crippen LogP contribution >= 0.6 is 23.4 Å². The van der Waals surface area contributed by atoms with Crippen molar-refractivity contribution in [2.24, 2.45) is 0 Å². The molecule has 5 nitrogen and oxygen atoms in total. The fourth-order valence-corrected chi connectivity index (χ4v) is 4.22. The zero-order chi connectivity index (χ0) is 20.1. The van der Waals surface area contributed by atoms with Gasteiger partial charge in [-0.3, -0.25) is 9.78 Å². The largest absolute Gasteiger partial charge is 0.458 e. The van der Waals surface area contributed by atoms with Crippen molar-refractivity contribution < 1.29 is 9.53 Å². The van der Waals surface area contributed by atoms with Gasteiger partial charge in [0.05, 0.1) is 12.2 Å². The van der Waals surface area contributed by atoms with Gasteiger partial charge in [-0.25, -0.2) is 4.98 Å². The number of nitrogens with zero attached hydrogens (tertiary/aromatic N) is 3. The first-order chi connectivity index (χ1) is 13.4. The Morgan fingerprint density at radius 3 is 2.64 bits per heavy atom. The number of esters is 1. The van der Waals surface area contributed by atoms with Crippen molar-refractivity contribution in [3.63, 3.8) is 0 Å². The lowest BCUT2D eigenvalue weighted by Gasteiger charge is -2.13. The van der Waals surface area contributed by atoms with E-state index in [4.69, 9.17) is 21.3 Å². The lowest BCUT2D eigenvalue weighted by molar-refractivity contribution is -0.142. The number of benzene rings is 1. The molecule has 0 aliphatic rings. The summed E-state index contributed by atoms with van der Waals surface area (Å²) in [4.78, 5) is 21.3. The zero-order valence-electron chi connectivity index (χ0n) is 16.1. The minimum atomic E-state index is -0.325. The van der Waals surface area contributed by atoms with Crippen LogP contribution in [-0.4, -0.2) is 20.5 Å². The maximum atomic E-state index is 11.4. The van der Waals surface area contributed by atoms with E-state index in [1.807, 2.05) is 36.4 Å². The number of hydrogen-bond acceptors (Lipinski definition) is 5. The number of pyridine rings is 1. The second-order valence-corrected chi connectivity index (χ2v) is 8.15. The van der Waals surface area contributed by atoms with E-state index in [9.17, 15) is 4.79 Å². The molecule has 0 atom stereocenters. The Morgan fingerprint density at radius 1 is 1.25 bits per heavy atom. The van der Waals surface area contributed by atoms with E-state index >= 15 is 0 Å². The molecule has 1 aromatic carbocycles. The molecule has 0 unspecified atom stereocenters. The average Bonchev–Trinajstić information content (AvgIpc) is 2.98. The van der Waals surface area contributed by atoms with Gasteiger partial charge in [0.2, 0.25) is 0 Å². The van der Waals surface area contributed by atoms with Gasteiger partial charge in [-0.1, -0.05) is 43.3 Å². The molecule has 28 heavy (non-hydrogen) atoms. The Balaban J connectivity index is 2.06. The van der Waals surface area contributed by atoms with Gasteiger partial charge >= 0.3 is 5.97 Å². The first-order valence-electron chi connectivity index (χ1n) is 8.99. The first kappa shape index (κ1) is 20.4. The van der Waals surface area contributed by atoms with E-state index < -0.39 is 0 Å². The van der Waals surface area contributed by atoms with Gasteiger partial charge in [0.1, 0.15) is 17.5 Å². The third-order valence-corrected chi connectivity index (χ3v) is 5.43. The third-order valence-electron chi connectivity index (χ3n) is 4.08. The summed E-state index contributed by atoms with van der Waals surface area (Å²) in [6.07, 6.45) is 3.54. The number of hydrogen-bond donors (Lipinski definition) is 0. The van der Waals surface area contributed by atoms with Crippen LogP contribution in [0, 0.1) is 0 Å². The summed E-state index contributed by atoms with van der Waals surface area (Å²) in [6.45, 7) is 6.37. The minimum Gasteiger partial charge on any atom is -0.458 e. The Hall–Kier alpha value is -2.31. The molecule has 3 rings (SSSR count). The van der Waals surface area contributed by atoms with Gasteiger partial charge in [-0.2, -0.15) is 0 Å². The predicted octanol–water partition coefficient (Wildman–Crippen LogP) is 5.32. The highest BCUT2D eigenvalue weighted by atomic mass is 35.5. The normalized spacial score (nSPS) is 11.0. The topological polar surface area (TPSA) is 57.0 Å². The lowest BCUT2D eigenvalue weighted by Crippen LogP contribution is -2.09. The molecule has 0 aliphatic heterocycles. The van der Waals surface area contributed by atoms with Crippen molar-refractivity contribution in [3.05, 3.63) is 70.9 Å². The molecule has 0 saturated carbocycles. The molecular weight excluding hydrogens is 394 g/mol. The standard InChI is InChI=1S/C21H22ClN3O2S/c1-14(2)20-21(28-18-6-4-5-17(22)11-18)25(12-16-7-9-23-10-8-16)19(24-20)13-27-15(3)26/h4-11,14H,12-13H2,1-3H3. The summed E-state index contributed by atoms with van der Waals surface area (Å²) < 4.78 is 7.37. The molecule has 0 fully saturated rings. The summed E-state index contributed by atoms with van der Waals surface area (Å²) in [6, 6.07) is 11.7. The van der Waals surface area contributed by atoms with Crippen molar-refractivity contribution in [1.29, 1.82) is 0 Å². The highest BCUT2D eigenvalue weighted by Gasteiger charge is 2.21. The van der Waals surface area contributed by atoms with Crippen LogP contribution in [0.2, 0.25) is 5.02 Å². The molecule has 0 N–H and O–H groups in total. The fraction of sp³-hybridized carbons (Fsp3) is 0.286. The van der Waals surface area contributed by atoms with Crippen molar-refractivity contribution >= 4 is 29.3 Å². The Morgan fingerprint density at radius 2 is 2.00 bits per heavy atom. The van der Waals surface area contributed by atoms with Gasteiger partial charge < -0.3 is 9.30 Å². The van der Waals surface area contributed by atoms with Crippen LogP contribution in [0.3, 0.4) is 0 Å². The van der Waals surface area contributed by atoms with Crippen LogP contribution in [0.5, 0.6) is 0 Å². The Kier molecular flexibility index (Phi) is 6.75. The van der Waals surface area contributed by atoms with Crippen molar-refractivity contribution in [2.75, 3.05) is 0 Å². The Bertz CT molecular complexity index is 958. The number of imidazole rings is 1. The molecule has 0 amide bonds. The average molecular weight is 416 g/mol. The molecule has 0 aliphatic carbocycles. The SMILES string of the molecule is CC(=O)OCc1nc(C(C)C)c(Sc2cccc(Cl)c2)n1Cc1ccncc1. The number of aromatic nitrogens is 3. The van der Waals surface area contributed by atoms with E-state index in [-0.39, 0.29) is 18.5 Å². The van der Waals surface area contributed by atoms with Crippen LogP contribution in [0.1, 0.15) is 43.8 Å². The molecule has 0 radical (unpaired) electrons. The monoisotopic (exact) mass is 415 g/mol. The van der Waals surface area contributed by atoms with Crippen LogP contribution in [0.15, 0.2) is 58.7 Å². The summed E-state index contributed by atoms with van der Waals surface area (Å²) in [5.41, 5.74) is 2.07. The van der Waals surface area contributed by atoms with Gasteiger partial charge in [-0.05, 0) is 41.8 Å². The summed E-state index contributed by atoms with van der Waals surface area (Å²) in [5, 5.41) is 1.72. The van der Waals surface area contributed by atoms with Gasteiger partial charge in [0.15, 0.2) is 0 Å². The molecular formula is C21H22ClN3O2S. The van der Waals surface area contributed by atoms with Crippen molar-refractivity contribution in [1.82, 2.24) is 14.5 Å². The van der Waals surface area contributed by atoms with Crippen LogP contribution in [0.25, 0.3) is 0 Å². The lowest BCUT2D eigenvalue weighted by atomic mass is 10.1. The van der Waals surface area contributed by atoms with Crippen LogP contribution in [-0.2, 0) is 22.7 Å². The van der Waals surface area contributed by atoms with E-state index in [0.29, 0.717) is 11.6 Å². The zero-order valence-corrected chi connectivity index (χ0v) is 17.6. The fourth-order valence-electron chi connectivity index (χ4n) is 2.74. The van der Waals surface area contributed by atoms with Crippen LogP contribution < -0.4 is 0 Å². The quantitative estimate of drug-likeness (QED) is 0.489. The van der Waals surface area contributed by atoms with Gasteiger partial charge in [0.25, 0.3) is 0 Å². The number of rotatable bonds is 7. The van der Waals surface area contributed by atoms with Crippen LogP contribution in [0.4, 0.5) is 0 Å². The molecule has 2 aromatic heterocycles. The van der Waals surface area contributed by atoms with Gasteiger partial charge in [-0.15, -0.1) is 0 Å². The number of ether oxygens (including phenoxy) is 1. The second kappa shape index (κ2) is 9.26. The highest BCUT2D eigenvalue weighted by molar-refractivity contribution is 7.99. The van der Waals surface area contributed by atoms with Gasteiger partial charge in [0, 0.05) is 29.2 Å². The molecule has 2 heterocycles. The number of carbonyl (C=O) groups excluding carboxylic acids is 1. The number of halogens is 1. The summed E-state index contributed by atoms with van der Waals surface area (Å²) in [5.74, 6) is 0.616. The Labute approximate surface area is 174 Å². The van der Waals surface area contributed by atoms with E-state index in [0.717, 1.165) is 27.0 Å². The first-order valence-corrected chi connectivity index (χ1v) is 10.2. The maximum absolute atomic E-state index is 11.4. The van der Waals surface area contributed by atoms with Crippen molar-refractivity contribution in [3.8, 4) is 0 Å². The van der Waals surface area contributed by atoms with E-state index in [1.165, 1.54) is 6.92 Å². The molecule has 0 bridgehead atoms.